The van der Waals surface area contributed by atoms with Gasteiger partial charge in [-0.15, -0.1) is 0 Å². The molecule has 1 atom stereocenters. The molecule has 0 aliphatic carbocycles. The largest absolute Gasteiger partial charge is 0.417 e. The average molecular weight is 476 g/mol. The molecule has 0 heterocycles. The minimum absolute atomic E-state index is 0.131. The predicted molar refractivity (Wildman–Crippen MR) is 95.3 cm³/mol. The summed E-state index contributed by atoms with van der Waals surface area (Å²) in [6.07, 6.45) is -13.3. The standard InChI is InChI=1S/C20H16ClF8O2/c1-17(2,13-7-12(22)3-4-15(13)30)9-18(31,20(27,28)29)8-10-5-11(19(24,25)26)6-14(21)16(10)23/h3-7,31H,8-9H2,1-2H3. The first-order valence-corrected chi connectivity index (χ1v) is 9.06. The zero-order valence-corrected chi connectivity index (χ0v) is 16.8. The fourth-order valence-electron chi connectivity index (χ4n) is 3.37. The van der Waals surface area contributed by atoms with Crippen LogP contribution in [0.1, 0.15) is 37.0 Å². The highest BCUT2D eigenvalue weighted by molar-refractivity contribution is 6.30. The van der Waals surface area contributed by atoms with Gasteiger partial charge in [-0.25, -0.2) is 8.78 Å². The van der Waals surface area contributed by atoms with Crippen molar-refractivity contribution >= 4 is 11.6 Å². The fourth-order valence-corrected chi connectivity index (χ4v) is 3.61. The van der Waals surface area contributed by atoms with Crippen LogP contribution in [-0.2, 0) is 23.1 Å². The summed E-state index contributed by atoms with van der Waals surface area (Å²) in [5.41, 5.74) is -8.55. The Hall–Kier alpha value is -2.07. The minimum Gasteiger partial charge on any atom is -0.380 e. The van der Waals surface area contributed by atoms with Gasteiger partial charge in [-0.05, 0) is 47.7 Å². The summed E-state index contributed by atoms with van der Waals surface area (Å²) in [5.74, 6) is -3.26. The Morgan fingerprint density at radius 3 is 2.06 bits per heavy atom. The topological polar surface area (TPSA) is 40.1 Å². The molecule has 1 unspecified atom stereocenters. The van der Waals surface area contributed by atoms with Crippen LogP contribution in [0.25, 0.3) is 0 Å². The molecular weight excluding hydrogens is 460 g/mol. The number of halogens is 9. The highest BCUT2D eigenvalue weighted by Crippen LogP contribution is 2.46. The summed E-state index contributed by atoms with van der Waals surface area (Å²) in [7, 11) is 0. The van der Waals surface area contributed by atoms with Crippen molar-refractivity contribution in [2.24, 2.45) is 0 Å². The van der Waals surface area contributed by atoms with Crippen molar-refractivity contribution in [3.8, 4) is 5.75 Å². The molecule has 11 heteroatoms. The molecule has 2 aromatic carbocycles. The molecule has 0 spiro atoms. The van der Waals surface area contributed by atoms with E-state index < -0.39 is 75.3 Å². The molecule has 0 saturated carbocycles. The molecule has 0 amide bonds. The van der Waals surface area contributed by atoms with Crippen LogP contribution in [0.2, 0.25) is 5.02 Å². The van der Waals surface area contributed by atoms with E-state index in [1.165, 1.54) is 0 Å². The van der Waals surface area contributed by atoms with Crippen LogP contribution in [0, 0.1) is 11.6 Å². The van der Waals surface area contributed by atoms with Crippen molar-refractivity contribution in [3.63, 3.8) is 0 Å². The molecule has 0 aromatic heterocycles. The summed E-state index contributed by atoms with van der Waals surface area (Å²) in [6, 6.07) is 2.66. The maximum absolute atomic E-state index is 14.3. The van der Waals surface area contributed by atoms with E-state index in [9.17, 15) is 45.3 Å². The summed E-state index contributed by atoms with van der Waals surface area (Å²) in [6.45, 7) is 2.24. The van der Waals surface area contributed by atoms with Crippen molar-refractivity contribution < 1.29 is 45.3 Å². The van der Waals surface area contributed by atoms with Crippen LogP contribution < -0.4 is 0 Å². The van der Waals surface area contributed by atoms with Crippen LogP contribution in [0.15, 0.2) is 30.3 Å². The molecule has 0 fully saturated rings. The van der Waals surface area contributed by atoms with Gasteiger partial charge in [0.2, 0.25) is 0 Å². The molecule has 1 radical (unpaired) electrons. The second kappa shape index (κ2) is 8.12. The first-order valence-electron chi connectivity index (χ1n) is 8.69. The minimum atomic E-state index is -5.44. The van der Waals surface area contributed by atoms with E-state index in [1.54, 1.807) is 0 Å². The molecule has 1 N–H and O–H groups in total. The van der Waals surface area contributed by atoms with Crippen LogP contribution in [0.3, 0.4) is 0 Å². The lowest BCUT2D eigenvalue weighted by molar-refractivity contribution is -0.266. The zero-order valence-electron chi connectivity index (χ0n) is 16.1. The molecule has 2 aromatic rings. The smallest absolute Gasteiger partial charge is 0.380 e. The number of rotatable bonds is 5. The number of hydrogen-bond acceptors (Lipinski definition) is 1. The number of aliphatic hydroxyl groups is 1. The Balaban J connectivity index is 2.56. The molecule has 2 nitrogen and oxygen atoms in total. The second-order valence-corrected chi connectivity index (χ2v) is 8.24. The van der Waals surface area contributed by atoms with Gasteiger partial charge < -0.3 is 5.11 Å². The van der Waals surface area contributed by atoms with Crippen LogP contribution in [-0.4, -0.2) is 16.9 Å². The Kier molecular flexibility index (Phi) is 6.60. The quantitative estimate of drug-likeness (QED) is 0.465. The van der Waals surface area contributed by atoms with Gasteiger partial charge >= 0.3 is 12.4 Å². The van der Waals surface area contributed by atoms with Gasteiger partial charge in [0.1, 0.15) is 11.6 Å². The number of alkyl halides is 6. The molecule has 2 rings (SSSR count). The van der Waals surface area contributed by atoms with E-state index in [2.05, 4.69) is 0 Å². The molecule has 0 bridgehead atoms. The Morgan fingerprint density at radius 2 is 1.55 bits per heavy atom. The molecule has 0 aliphatic heterocycles. The van der Waals surface area contributed by atoms with E-state index in [1.807, 2.05) is 0 Å². The molecule has 0 aliphatic rings. The highest BCUT2D eigenvalue weighted by atomic mass is 35.5. The molecular formula is C20H16ClF8O2. The SMILES string of the molecule is CC(C)(CC(O)(Cc1cc(C(F)(F)F)cc(Cl)c1F)C(F)(F)F)c1cc(F)ccc1[O]. The van der Waals surface area contributed by atoms with Crippen molar-refractivity contribution in [1.82, 2.24) is 0 Å². The zero-order chi connectivity index (χ0) is 24.0. The van der Waals surface area contributed by atoms with Gasteiger partial charge in [0.05, 0.1) is 10.6 Å². The fraction of sp³-hybridized carbons (Fsp3) is 0.400. The molecule has 0 saturated heterocycles. The van der Waals surface area contributed by atoms with Crippen LogP contribution in [0.4, 0.5) is 35.1 Å². The number of benzene rings is 2. The number of hydrogen-bond donors (Lipinski definition) is 1. The van der Waals surface area contributed by atoms with Crippen LogP contribution in [0.5, 0.6) is 5.75 Å². The van der Waals surface area contributed by atoms with Crippen molar-refractivity contribution in [2.75, 3.05) is 0 Å². The van der Waals surface area contributed by atoms with E-state index >= 15 is 0 Å². The lowest BCUT2D eigenvalue weighted by atomic mass is 9.72. The van der Waals surface area contributed by atoms with Crippen molar-refractivity contribution in [3.05, 3.63) is 63.7 Å². The van der Waals surface area contributed by atoms with Crippen molar-refractivity contribution in [2.45, 2.75) is 50.1 Å². The third kappa shape index (κ3) is 5.41. The molecule has 171 valence electrons. The van der Waals surface area contributed by atoms with Gasteiger partial charge in [-0.1, -0.05) is 25.4 Å². The van der Waals surface area contributed by atoms with Gasteiger partial charge in [0.15, 0.2) is 11.4 Å². The Labute approximate surface area is 177 Å². The average Bonchev–Trinajstić information content (AvgIpc) is 2.58. The highest BCUT2D eigenvalue weighted by Gasteiger charge is 2.56. The van der Waals surface area contributed by atoms with Gasteiger partial charge in [0.25, 0.3) is 0 Å². The molecule has 31 heavy (non-hydrogen) atoms. The summed E-state index contributed by atoms with van der Waals surface area (Å²) >= 11 is 5.41. The summed E-state index contributed by atoms with van der Waals surface area (Å²) in [5, 5.41) is 21.4. The Morgan fingerprint density at radius 1 is 0.968 bits per heavy atom. The van der Waals surface area contributed by atoms with E-state index in [-0.39, 0.29) is 12.1 Å². The third-order valence-corrected chi connectivity index (χ3v) is 5.12. The first-order chi connectivity index (χ1) is 13.9. The van der Waals surface area contributed by atoms with E-state index in [0.29, 0.717) is 6.07 Å². The predicted octanol–water partition coefficient (Wildman–Crippen LogP) is 6.98. The third-order valence-electron chi connectivity index (χ3n) is 4.85. The van der Waals surface area contributed by atoms with Crippen molar-refractivity contribution in [1.29, 1.82) is 0 Å². The maximum Gasteiger partial charge on any atom is 0.417 e. The van der Waals surface area contributed by atoms with Crippen LogP contribution >= 0.6 is 11.6 Å². The van der Waals surface area contributed by atoms with Gasteiger partial charge in [0, 0.05) is 12.0 Å². The van der Waals surface area contributed by atoms with E-state index in [0.717, 1.165) is 26.0 Å². The second-order valence-electron chi connectivity index (χ2n) is 7.84. The van der Waals surface area contributed by atoms with E-state index in [4.69, 9.17) is 11.6 Å². The normalized spacial score (nSPS) is 15.1. The lowest BCUT2D eigenvalue weighted by Crippen LogP contribution is -2.51. The maximum atomic E-state index is 14.3. The monoisotopic (exact) mass is 475 g/mol. The van der Waals surface area contributed by atoms with Gasteiger partial charge in [-0.2, -0.15) is 26.3 Å². The van der Waals surface area contributed by atoms with Gasteiger partial charge in [-0.3, -0.25) is 5.11 Å². The summed E-state index contributed by atoms with van der Waals surface area (Å²) in [4.78, 5) is 0. The lowest BCUT2D eigenvalue weighted by Gasteiger charge is -2.38. The first kappa shape index (κ1) is 25.2. The Bertz CT molecular complexity index is 969. The summed E-state index contributed by atoms with van der Waals surface area (Å²) < 4.78 is 108.